The molecule has 2 aromatic rings. The number of carbonyl (C=O) groups excluding carboxylic acids is 1. The van der Waals surface area contributed by atoms with Gasteiger partial charge in [0, 0.05) is 31.0 Å². The van der Waals surface area contributed by atoms with Crippen molar-refractivity contribution in [2.75, 3.05) is 19.4 Å². The molecule has 1 amide bonds. The van der Waals surface area contributed by atoms with Gasteiger partial charge in [-0.25, -0.2) is 4.98 Å². The number of benzene rings is 1. The predicted octanol–water partition coefficient (Wildman–Crippen LogP) is 2.03. The van der Waals surface area contributed by atoms with Gasteiger partial charge in [0.2, 0.25) is 0 Å². The Hall–Kier alpha value is -2.30. The van der Waals surface area contributed by atoms with Crippen LogP contribution in [0, 0.1) is 6.92 Å². The smallest absolute Gasteiger partial charge is 0.253 e. The highest BCUT2D eigenvalue weighted by Crippen LogP contribution is 2.13. The molecular formula is C14H18N4O. The first-order valence-corrected chi connectivity index (χ1v) is 6.12. The Labute approximate surface area is 112 Å². The maximum atomic E-state index is 11.9. The average molecular weight is 258 g/mol. The minimum absolute atomic E-state index is 0.000370. The number of aryl methyl sites for hydroxylation is 1. The van der Waals surface area contributed by atoms with Crippen LogP contribution in [0.25, 0.3) is 0 Å². The number of H-pyrrole nitrogens is 1. The van der Waals surface area contributed by atoms with Crippen LogP contribution >= 0.6 is 0 Å². The molecule has 0 saturated heterocycles. The number of rotatable bonds is 4. The fourth-order valence-electron chi connectivity index (χ4n) is 1.77. The SMILES string of the molecule is Cc1[nH]cnc1CNc1cccc(C(=O)N(C)C)c1. The summed E-state index contributed by atoms with van der Waals surface area (Å²) in [4.78, 5) is 20.7. The van der Waals surface area contributed by atoms with Crippen molar-refractivity contribution in [2.45, 2.75) is 13.5 Å². The fraction of sp³-hybridized carbons (Fsp3) is 0.286. The van der Waals surface area contributed by atoms with Crippen molar-refractivity contribution in [1.29, 1.82) is 0 Å². The standard InChI is InChI=1S/C14H18N4O/c1-10-13(17-9-16-10)8-15-12-6-4-5-11(7-12)14(19)18(2)3/h4-7,9,15H,8H2,1-3H3,(H,16,17). The largest absolute Gasteiger partial charge is 0.379 e. The third kappa shape index (κ3) is 3.13. The van der Waals surface area contributed by atoms with Crippen molar-refractivity contribution in [3.63, 3.8) is 0 Å². The third-order valence-electron chi connectivity index (χ3n) is 2.91. The minimum atomic E-state index is -0.000370. The second-order valence-electron chi connectivity index (χ2n) is 4.61. The molecule has 2 rings (SSSR count). The molecule has 0 saturated carbocycles. The van der Waals surface area contributed by atoms with E-state index in [1.54, 1.807) is 25.3 Å². The van der Waals surface area contributed by atoms with Crippen LogP contribution in [0.4, 0.5) is 5.69 Å². The summed E-state index contributed by atoms with van der Waals surface area (Å²) in [5.74, 6) is -0.000370. The van der Waals surface area contributed by atoms with E-state index in [2.05, 4.69) is 15.3 Å². The first kappa shape index (κ1) is 13.1. The summed E-state index contributed by atoms with van der Waals surface area (Å²) in [5, 5.41) is 3.27. The average Bonchev–Trinajstić information content (AvgIpc) is 2.81. The fourth-order valence-corrected chi connectivity index (χ4v) is 1.77. The molecule has 0 unspecified atom stereocenters. The molecule has 5 heteroatoms. The second-order valence-corrected chi connectivity index (χ2v) is 4.61. The summed E-state index contributed by atoms with van der Waals surface area (Å²) in [6, 6.07) is 7.47. The van der Waals surface area contributed by atoms with Crippen LogP contribution in [0.1, 0.15) is 21.7 Å². The Morgan fingerprint density at radius 3 is 2.84 bits per heavy atom. The highest BCUT2D eigenvalue weighted by atomic mass is 16.2. The third-order valence-corrected chi connectivity index (χ3v) is 2.91. The number of hydrogen-bond acceptors (Lipinski definition) is 3. The number of nitrogens with one attached hydrogen (secondary N) is 2. The molecule has 0 fully saturated rings. The van der Waals surface area contributed by atoms with Crippen LogP contribution in [-0.2, 0) is 6.54 Å². The number of imidazole rings is 1. The van der Waals surface area contributed by atoms with E-state index in [1.165, 1.54) is 0 Å². The van der Waals surface area contributed by atoms with Crippen LogP contribution in [0.5, 0.6) is 0 Å². The molecule has 0 aliphatic carbocycles. The van der Waals surface area contributed by atoms with Gasteiger partial charge < -0.3 is 15.2 Å². The molecule has 0 aliphatic rings. The number of anilines is 1. The van der Waals surface area contributed by atoms with E-state index in [9.17, 15) is 4.79 Å². The summed E-state index contributed by atoms with van der Waals surface area (Å²) in [5.41, 5.74) is 3.61. The maximum Gasteiger partial charge on any atom is 0.253 e. The predicted molar refractivity (Wildman–Crippen MR) is 75.1 cm³/mol. The molecule has 0 spiro atoms. The van der Waals surface area contributed by atoms with Gasteiger partial charge in [-0.2, -0.15) is 0 Å². The molecule has 2 N–H and O–H groups in total. The summed E-state index contributed by atoms with van der Waals surface area (Å²) < 4.78 is 0. The molecule has 1 aromatic carbocycles. The number of carbonyl (C=O) groups is 1. The summed E-state index contributed by atoms with van der Waals surface area (Å²) in [6.07, 6.45) is 1.68. The van der Waals surface area contributed by atoms with E-state index in [4.69, 9.17) is 0 Å². The summed E-state index contributed by atoms with van der Waals surface area (Å²) in [6.45, 7) is 2.62. The quantitative estimate of drug-likeness (QED) is 0.882. The zero-order valence-electron chi connectivity index (χ0n) is 11.4. The van der Waals surface area contributed by atoms with Gasteiger partial charge >= 0.3 is 0 Å². The van der Waals surface area contributed by atoms with Gasteiger partial charge in [0.15, 0.2) is 0 Å². The number of amides is 1. The lowest BCUT2D eigenvalue weighted by atomic mass is 10.2. The van der Waals surface area contributed by atoms with E-state index in [-0.39, 0.29) is 5.91 Å². The van der Waals surface area contributed by atoms with Crippen LogP contribution in [-0.4, -0.2) is 34.9 Å². The Morgan fingerprint density at radius 2 is 2.21 bits per heavy atom. The Balaban J connectivity index is 2.07. The molecule has 0 radical (unpaired) electrons. The zero-order valence-corrected chi connectivity index (χ0v) is 11.4. The minimum Gasteiger partial charge on any atom is -0.379 e. The number of aromatic amines is 1. The van der Waals surface area contributed by atoms with E-state index in [0.717, 1.165) is 17.1 Å². The number of aromatic nitrogens is 2. The molecule has 0 bridgehead atoms. The highest BCUT2D eigenvalue weighted by molar-refractivity contribution is 5.94. The van der Waals surface area contributed by atoms with Gasteiger partial charge in [0.1, 0.15) is 0 Å². The second kappa shape index (κ2) is 5.56. The Bertz CT molecular complexity index is 574. The molecule has 100 valence electrons. The molecule has 1 aromatic heterocycles. The van der Waals surface area contributed by atoms with Crippen LogP contribution < -0.4 is 5.32 Å². The summed E-state index contributed by atoms with van der Waals surface area (Å²) >= 11 is 0. The Kier molecular flexibility index (Phi) is 3.85. The van der Waals surface area contributed by atoms with Crippen molar-refractivity contribution in [1.82, 2.24) is 14.9 Å². The van der Waals surface area contributed by atoms with Crippen molar-refractivity contribution < 1.29 is 4.79 Å². The van der Waals surface area contributed by atoms with E-state index in [1.807, 2.05) is 31.2 Å². The molecule has 0 aliphatic heterocycles. The van der Waals surface area contributed by atoms with Crippen molar-refractivity contribution in [2.24, 2.45) is 0 Å². The van der Waals surface area contributed by atoms with Gasteiger partial charge in [-0.3, -0.25) is 4.79 Å². The highest BCUT2D eigenvalue weighted by Gasteiger charge is 2.08. The lowest BCUT2D eigenvalue weighted by Crippen LogP contribution is -2.21. The first-order valence-electron chi connectivity index (χ1n) is 6.12. The van der Waals surface area contributed by atoms with Gasteiger partial charge in [0.25, 0.3) is 5.91 Å². The van der Waals surface area contributed by atoms with Gasteiger partial charge in [0.05, 0.1) is 18.6 Å². The van der Waals surface area contributed by atoms with Crippen molar-refractivity contribution in [3.8, 4) is 0 Å². The summed E-state index contributed by atoms with van der Waals surface area (Å²) in [7, 11) is 3.49. The topological polar surface area (TPSA) is 61.0 Å². The monoisotopic (exact) mass is 258 g/mol. The first-order chi connectivity index (χ1) is 9.08. The number of nitrogens with zero attached hydrogens (tertiary/aromatic N) is 2. The van der Waals surface area contributed by atoms with Crippen molar-refractivity contribution in [3.05, 3.63) is 47.5 Å². The van der Waals surface area contributed by atoms with E-state index < -0.39 is 0 Å². The van der Waals surface area contributed by atoms with Gasteiger partial charge in [-0.05, 0) is 25.1 Å². The van der Waals surface area contributed by atoms with E-state index >= 15 is 0 Å². The molecule has 5 nitrogen and oxygen atoms in total. The van der Waals surface area contributed by atoms with Crippen molar-refractivity contribution >= 4 is 11.6 Å². The maximum absolute atomic E-state index is 11.9. The molecular weight excluding hydrogens is 240 g/mol. The van der Waals surface area contributed by atoms with Gasteiger partial charge in [-0.15, -0.1) is 0 Å². The van der Waals surface area contributed by atoms with E-state index in [0.29, 0.717) is 12.1 Å². The molecule has 19 heavy (non-hydrogen) atoms. The lowest BCUT2D eigenvalue weighted by molar-refractivity contribution is 0.0827. The van der Waals surface area contributed by atoms with Crippen LogP contribution in [0.15, 0.2) is 30.6 Å². The molecule has 0 atom stereocenters. The van der Waals surface area contributed by atoms with Crippen LogP contribution in [0.3, 0.4) is 0 Å². The normalized spacial score (nSPS) is 10.3. The van der Waals surface area contributed by atoms with Gasteiger partial charge in [-0.1, -0.05) is 6.07 Å². The number of hydrogen-bond donors (Lipinski definition) is 2. The van der Waals surface area contributed by atoms with Crippen LogP contribution in [0.2, 0.25) is 0 Å². The zero-order chi connectivity index (χ0) is 13.8. The Morgan fingerprint density at radius 1 is 1.42 bits per heavy atom. The lowest BCUT2D eigenvalue weighted by Gasteiger charge is -2.12. The molecule has 1 heterocycles.